The van der Waals surface area contributed by atoms with Crippen molar-refractivity contribution in [3.63, 3.8) is 0 Å². The quantitative estimate of drug-likeness (QED) is 0.737. The number of carbonyl (C=O) groups is 1. The normalized spacial score (nSPS) is 10.1. The van der Waals surface area contributed by atoms with E-state index in [1.165, 1.54) is 4.68 Å². The standard InChI is InChI=1S/C11H10ClN5OS2/c1-6-14-15-11(20)17(6)16-10(19)13-9(18)7-4-2-3-5-8(7)12/h2-5H,1H3,(H,15,20)(H2,13,16,18,19). The highest BCUT2D eigenvalue weighted by Gasteiger charge is 2.12. The van der Waals surface area contributed by atoms with Crippen molar-refractivity contribution in [2.75, 3.05) is 5.43 Å². The largest absolute Gasteiger partial charge is 0.298 e. The van der Waals surface area contributed by atoms with E-state index in [9.17, 15) is 4.79 Å². The van der Waals surface area contributed by atoms with Gasteiger partial charge in [0.2, 0.25) is 4.77 Å². The van der Waals surface area contributed by atoms with Gasteiger partial charge >= 0.3 is 0 Å². The molecular formula is C11H10ClN5OS2. The molecule has 0 aliphatic carbocycles. The number of amides is 1. The van der Waals surface area contributed by atoms with Gasteiger partial charge < -0.3 is 0 Å². The number of carbonyl (C=O) groups excluding carboxylic acids is 1. The lowest BCUT2D eigenvalue weighted by Gasteiger charge is -2.11. The monoisotopic (exact) mass is 327 g/mol. The predicted octanol–water partition coefficient (Wildman–Crippen LogP) is 2.16. The van der Waals surface area contributed by atoms with Crippen LogP contribution in [0.4, 0.5) is 0 Å². The van der Waals surface area contributed by atoms with Crippen LogP contribution in [-0.4, -0.2) is 25.9 Å². The number of benzene rings is 1. The van der Waals surface area contributed by atoms with E-state index in [-0.39, 0.29) is 5.11 Å². The third-order valence-electron chi connectivity index (χ3n) is 2.40. The van der Waals surface area contributed by atoms with E-state index in [0.717, 1.165) is 0 Å². The first-order chi connectivity index (χ1) is 9.49. The number of H-pyrrole nitrogens is 1. The van der Waals surface area contributed by atoms with Crippen LogP contribution < -0.4 is 10.7 Å². The zero-order valence-electron chi connectivity index (χ0n) is 10.3. The molecule has 20 heavy (non-hydrogen) atoms. The van der Waals surface area contributed by atoms with E-state index in [0.29, 0.717) is 21.2 Å². The third-order valence-corrected chi connectivity index (χ3v) is 3.20. The van der Waals surface area contributed by atoms with Gasteiger partial charge in [-0.2, -0.15) is 5.10 Å². The van der Waals surface area contributed by atoms with Gasteiger partial charge in [0.1, 0.15) is 5.82 Å². The average Bonchev–Trinajstić information content (AvgIpc) is 2.71. The minimum atomic E-state index is -0.402. The Morgan fingerprint density at radius 2 is 2.15 bits per heavy atom. The summed E-state index contributed by atoms with van der Waals surface area (Å²) in [5.41, 5.74) is 3.09. The lowest BCUT2D eigenvalue weighted by Crippen LogP contribution is -2.38. The molecule has 1 aromatic heterocycles. The predicted molar refractivity (Wildman–Crippen MR) is 83.0 cm³/mol. The lowest BCUT2D eigenvalue weighted by molar-refractivity contribution is 0.0977. The number of aromatic nitrogens is 3. The van der Waals surface area contributed by atoms with Gasteiger partial charge in [0.15, 0.2) is 5.11 Å². The molecule has 3 N–H and O–H groups in total. The van der Waals surface area contributed by atoms with Crippen LogP contribution in [0.2, 0.25) is 5.02 Å². The van der Waals surface area contributed by atoms with Gasteiger partial charge in [-0.1, -0.05) is 23.7 Å². The first-order valence-electron chi connectivity index (χ1n) is 5.50. The SMILES string of the molecule is Cc1n[nH]c(=S)n1NC(=S)NC(=O)c1ccccc1Cl. The maximum atomic E-state index is 12.0. The van der Waals surface area contributed by atoms with Crippen LogP contribution >= 0.6 is 36.0 Å². The lowest BCUT2D eigenvalue weighted by atomic mass is 10.2. The highest BCUT2D eigenvalue weighted by Crippen LogP contribution is 2.14. The number of hydrogen-bond donors (Lipinski definition) is 3. The fourth-order valence-corrected chi connectivity index (χ4v) is 2.08. The molecule has 0 radical (unpaired) electrons. The Kier molecular flexibility index (Phi) is 4.48. The van der Waals surface area contributed by atoms with Crippen molar-refractivity contribution in [3.05, 3.63) is 45.4 Å². The highest BCUT2D eigenvalue weighted by molar-refractivity contribution is 7.80. The Bertz CT molecular complexity index is 724. The molecule has 6 nitrogen and oxygen atoms in total. The van der Waals surface area contributed by atoms with Crippen LogP contribution in [-0.2, 0) is 0 Å². The highest BCUT2D eigenvalue weighted by atomic mass is 35.5. The van der Waals surface area contributed by atoms with Crippen LogP contribution in [0.3, 0.4) is 0 Å². The van der Waals surface area contributed by atoms with E-state index >= 15 is 0 Å². The number of nitrogens with zero attached hydrogens (tertiary/aromatic N) is 2. The minimum Gasteiger partial charge on any atom is -0.298 e. The molecule has 0 saturated heterocycles. The molecule has 104 valence electrons. The molecule has 9 heteroatoms. The summed E-state index contributed by atoms with van der Waals surface area (Å²) in [4.78, 5) is 12.0. The Labute approximate surface area is 130 Å². The van der Waals surface area contributed by atoms with Crippen LogP contribution in [0.15, 0.2) is 24.3 Å². The number of aromatic amines is 1. The first kappa shape index (κ1) is 14.6. The van der Waals surface area contributed by atoms with E-state index in [1.54, 1.807) is 31.2 Å². The Hall–Kier alpha value is -1.77. The molecule has 1 heterocycles. The Balaban J connectivity index is 2.08. The molecule has 0 saturated carbocycles. The van der Waals surface area contributed by atoms with Gasteiger partial charge in [-0.25, -0.2) is 4.68 Å². The van der Waals surface area contributed by atoms with Crippen LogP contribution in [0.25, 0.3) is 0 Å². The van der Waals surface area contributed by atoms with Gasteiger partial charge in [0.25, 0.3) is 5.91 Å². The first-order valence-corrected chi connectivity index (χ1v) is 6.69. The fourth-order valence-electron chi connectivity index (χ4n) is 1.45. The van der Waals surface area contributed by atoms with Crippen molar-refractivity contribution in [1.29, 1.82) is 0 Å². The summed E-state index contributed by atoms with van der Waals surface area (Å²) in [6.45, 7) is 1.73. The van der Waals surface area contributed by atoms with Gasteiger partial charge in [-0.3, -0.25) is 20.6 Å². The molecule has 0 fully saturated rings. The van der Waals surface area contributed by atoms with Crippen LogP contribution in [0.1, 0.15) is 16.2 Å². The molecule has 0 bridgehead atoms. The van der Waals surface area contributed by atoms with Crippen molar-refractivity contribution in [2.24, 2.45) is 0 Å². The fraction of sp³-hybridized carbons (Fsp3) is 0.0909. The Morgan fingerprint density at radius 1 is 1.45 bits per heavy atom. The van der Waals surface area contributed by atoms with E-state index < -0.39 is 5.91 Å². The molecule has 2 aromatic rings. The van der Waals surface area contributed by atoms with Crippen molar-refractivity contribution in [2.45, 2.75) is 6.92 Å². The van der Waals surface area contributed by atoms with Crippen molar-refractivity contribution in [1.82, 2.24) is 20.2 Å². The van der Waals surface area contributed by atoms with Crippen molar-refractivity contribution >= 4 is 47.1 Å². The number of hydrogen-bond acceptors (Lipinski definition) is 4. The minimum absolute atomic E-state index is 0.0931. The molecule has 2 rings (SSSR count). The average molecular weight is 328 g/mol. The van der Waals surface area contributed by atoms with Gasteiger partial charge in [-0.05, 0) is 43.5 Å². The second-order valence-electron chi connectivity index (χ2n) is 3.79. The summed E-state index contributed by atoms with van der Waals surface area (Å²) in [7, 11) is 0. The van der Waals surface area contributed by atoms with Crippen LogP contribution in [0.5, 0.6) is 0 Å². The number of halogens is 1. The molecule has 1 aromatic carbocycles. The van der Waals surface area contributed by atoms with Gasteiger partial charge in [0.05, 0.1) is 10.6 Å². The summed E-state index contributed by atoms with van der Waals surface area (Å²) >= 11 is 16.0. The van der Waals surface area contributed by atoms with E-state index in [2.05, 4.69) is 20.9 Å². The second kappa shape index (κ2) is 6.12. The van der Waals surface area contributed by atoms with Crippen molar-refractivity contribution in [3.8, 4) is 0 Å². The second-order valence-corrected chi connectivity index (χ2v) is 4.99. The molecular weight excluding hydrogens is 318 g/mol. The number of aryl methyl sites for hydroxylation is 1. The zero-order chi connectivity index (χ0) is 14.7. The summed E-state index contributed by atoms with van der Waals surface area (Å²) in [5, 5.41) is 9.47. The van der Waals surface area contributed by atoms with Gasteiger partial charge in [0, 0.05) is 0 Å². The number of thiocarbonyl (C=S) groups is 1. The summed E-state index contributed by atoms with van der Waals surface area (Å²) < 4.78 is 1.79. The van der Waals surface area contributed by atoms with Crippen LogP contribution in [0, 0.1) is 11.7 Å². The molecule has 0 atom stereocenters. The summed E-state index contributed by atoms with van der Waals surface area (Å²) in [5.74, 6) is 0.185. The molecule has 1 amide bonds. The molecule has 0 unspecified atom stereocenters. The third kappa shape index (κ3) is 3.21. The maximum absolute atomic E-state index is 12.0. The summed E-state index contributed by atoms with van der Waals surface area (Å²) in [6.07, 6.45) is 0. The number of nitrogens with one attached hydrogen (secondary N) is 3. The maximum Gasteiger partial charge on any atom is 0.258 e. The molecule has 0 aliphatic heterocycles. The smallest absolute Gasteiger partial charge is 0.258 e. The van der Waals surface area contributed by atoms with Gasteiger partial charge in [-0.15, -0.1) is 0 Å². The number of rotatable bonds is 2. The topological polar surface area (TPSA) is 74.7 Å². The van der Waals surface area contributed by atoms with E-state index in [1.807, 2.05) is 0 Å². The Morgan fingerprint density at radius 3 is 2.75 bits per heavy atom. The molecule has 0 aliphatic rings. The molecule has 0 spiro atoms. The van der Waals surface area contributed by atoms with E-state index in [4.69, 9.17) is 36.0 Å². The van der Waals surface area contributed by atoms with Crippen molar-refractivity contribution < 1.29 is 4.79 Å². The zero-order valence-corrected chi connectivity index (χ0v) is 12.7. The summed E-state index contributed by atoms with van der Waals surface area (Å²) in [6, 6.07) is 6.69.